The largest absolute Gasteiger partial charge is 0.497 e. The first-order valence-electron chi connectivity index (χ1n) is 8.53. The fourth-order valence-electron chi connectivity index (χ4n) is 3.58. The number of rotatable bonds is 4. The fraction of sp³-hybridized carbons (Fsp3) is 0.368. The number of furan rings is 1. The molecule has 130 valence electrons. The molecule has 1 fully saturated rings. The molecular formula is C19H21N3O3. The van der Waals surface area contributed by atoms with Gasteiger partial charge in [-0.1, -0.05) is 0 Å². The first-order valence-corrected chi connectivity index (χ1v) is 8.53. The van der Waals surface area contributed by atoms with Crippen molar-refractivity contribution in [2.45, 2.75) is 32.4 Å². The maximum atomic E-state index is 13.1. The first kappa shape index (κ1) is 15.7. The summed E-state index contributed by atoms with van der Waals surface area (Å²) in [5.41, 5.74) is 1.58. The van der Waals surface area contributed by atoms with Crippen molar-refractivity contribution in [3.8, 4) is 5.75 Å². The third kappa shape index (κ3) is 2.77. The minimum Gasteiger partial charge on any atom is -0.497 e. The van der Waals surface area contributed by atoms with Crippen LogP contribution in [0.5, 0.6) is 5.75 Å². The van der Waals surface area contributed by atoms with Gasteiger partial charge in [-0.2, -0.15) is 5.10 Å². The highest BCUT2D eigenvalue weighted by Crippen LogP contribution is 2.31. The zero-order chi connectivity index (χ0) is 17.4. The number of amides is 1. The molecule has 1 aromatic carbocycles. The van der Waals surface area contributed by atoms with Crippen molar-refractivity contribution >= 4 is 16.9 Å². The molecule has 0 spiro atoms. The van der Waals surface area contributed by atoms with Gasteiger partial charge in [0.15, 0.2) is 5.76 Å². The lowest BCUT2D eigenvalue weighted by molar-refractivity contribution is 0.0690. The highest BCUT2D eigenvalue weighted by Gasteiger charge is 2.32. The quantitative estimate of drug-likeness (QED) is 0.732. The Balaban J connectivity index is 1.63. The van der Waals surface area contributed by atoms with E-state index in [2.05, 4.69) is 5.10 Å². The van der Waals surface area contributed by atoms with Gasteiger partial charge in [-0.05, 0) is 44.0 Å². The molecule has 3 heterocycles. The molecule has 0 unspecified atom stereocenters. The molecule has 0 aliphatic carbocycles. The van der Waals surface area contributed by atoms with Gasteiger partial charge in [-0.15, -0.1) is 0 Å². The second-order valence-electron chi connectivity index (χ2n) is 6.44. The zero-order valence-electron chi connectivity index (χ0n) is 14.4. The minimum absolute atomic E-state index is 0.0395. The molecule has 0 bridgehead atoms. The molecule has 6 heteroatoms. The maximum Gasteiger partial charge on any atom is 0.290 e. The van der Waals surface area contributed by atoms with E-state index >= 15 is 0 Å². The van der Waals surface area contributed by atoms with Gasteiger partial charge in [0.05, 0.1) is 19.7 Å². The summed E-state index contributed by atoms with van der Waals surface area (Å²) in [4.78, 5) is 15.0. The summed E-state index contributed by atoms with van der Waals surface area (Å²) < 4.78 is 13.0. The van der Waals surface area contributed by atoms with E-state index in [9.17, 15) is 4.79 Å². The number of carbonyl (C=O) groups is 1. The molecule has 0 saturated carbocycles. The topological polar surface area (TPSA) is 60.5 Å². The van der Waals surface area contributed by atoms with Crippen LogP contribution < -0.4 is 4.74 Å². The van der Waals surface area contributed by atoms with Crippen molar-refractivity contribution in [3.05, 3.63) is 48.0 Å². The molecule has 4 rings (SSSR count). The summed E-state index contributed by atoms with van der Waals surface area (Å²) in [6.45, 7) is 3.40. The van der Waals surface area contributed by atoms with Crippen molar-refractivity contribution in [2.24, 2.45) is 0 Å². The summed E-state index contributed by atoms with van der Waals surface area (Å²) in [5, 5.41) is 5.18. The minimum atomic E-state index is -0.0395. The molecule has 1 amide bonds. The smallest absolute Gasteiger partial charge is 0.290 e. The van der Waals surface area contributed by atoms with Crippen LogP contribution in [0.25, 0.3) is 11.0 Å². The Labute approximate surface area is 146 Å². The van der Waals surface area contributed by atoms with Crippen LogP contribution in [0, 0.1) is 6.92 Å². The lowest BCUT2D eigenvalue weighted by Crippen LogP contribution is -2.38. The Bertz CT molecular complexity index is 898. The summed E-state index contributed by atoms with van der Waals surface area (Å²) in [6, 6.07) is 7.65. The average Bonchev–Trinajstić information content (AvgIpc) is 3.36. The van der Waals surface area contributed by atoms with E-state index in [4.69, 9.17) is 9.15 Å². The predicted molar refractivity (Wildman–Crippen MR) is 93.8 cm³/mol. The van der Waals surface area contributed by atoms with Crippen LogP contribution in [0.4, 0.5) is 0 Å². The normalized spacial score (nSPS) is 17.4. The van der Waals surface area contributed by atoms with E-state index in [1.54, 1.807) is 13.3 Å². The lowest BCUT2D eigenvalue weighted by atomic mass is 10.1. The van der Waals surface area contributed by atoms with Crippen LogP contribution >= 0.6 is 0 Å². The number of aryl methyl sites for hydroxylation is 1. The fourth-order valence-corrected chi connectivity index (χ4v) is 3.58. The summed E-state index contributed by atoms with van der Waals surface area (Å²) in [5.74, 6) is 1.14. The van der Waals surface area contributed by atoms with Crippen molar-refractivity contribution in [3.63, 3.8) is 0 Å². The van der Waals surface area contributed by atoms with Crippen LogP contribution in [0.3, 0.4) is 0 Å². The van der Waals surface area contributed by atoms with E-state index in [1.165, 1.54) is 0 Å². The molecule has 1 saturated heterocycles. The number of ether oxygens (including phenoxy) is 1. The van der Waals surface area contributed by atoms with E-state index in [1.807, 2.05) is 47.0 Å². The number of aromatic nitrogens is 2. The number of carbonyl (C=O) groups excluding carboxylic acids is 1. The first-order chi connectivity index (χ1) is 12.2. The van der Waals surface area contributed by atoms with Gasteiger partial charge in [0.2, 0.25) is 0 Å². The summed E-state index contributed by atoms with van der Waals surface area (Å²) in [7, 11) is 1.63. The lowest BCUT2D eigenvalue weighted by Gasteiger charge is -2.24. The van der Waals surface area contributed by atoms with Crippen molar-refractivity contribution in [1.82, 2.24) is 14.7 Å². The van der Waals surface area contributed by atoms with Gasteiger partial charge < -0.3 is 14.1 Å². The molecule has 25 heavy (non-hydrogen) atoms. The predicted octanol–water partition coefficient (Wildman–Crippen LogP) is 3.25. The van der Waals surface area contributed by atoms with E-state index in [-0.39, 0.29) is 11.9 Å². The third-order valence-electron chi connectivity index (χ3n) is 4.93. The molecular weight excluding hydrogens is 318 g/mol. The Morgan fingerprint density at radius 2 is 2.32 bits per heavy atom. The van der Waals surface area contributed by atoms with Gasteiger partial charge in [0, 0.05) is 29.9 Å². The van der Waals surface area contributed by atoms with Gasteiger partial charge >= 0.3 is 0 Å². The Morgan fingerprint density at radius 1 is 1.44 bits per heavy atom. The highest BCUT2D eigenvalue weighted by atomic mass is 16.5. The van der Waals surface area contributed by atoms with Crippen molar-refractivity contribution in [1.29, 1.82) is 0 Å². The molecule has 3 aromatic rings. The van der Waals surface area contributed by atoms with Crippen LogP contribution in [0.15, 0.2) is 41.1 Å². The third-order valence-corrected chi connectivity index (χ3v) is 4.93. The van der Waals surface area contributed by atoms with Crippen molar-refractivity contribution in [2.75, 3.05) is 13.7 Å². The van der Waals surface area contributed by atoms with Gasteiger partial charge in [-0.3, -0.25) is 9.48 Å². The second-order valence-corrected chi connectivity index (χ2v) is 6.44. The number of hydrogen-bond acceptors (Lipinski definition) is 4. The molecule has 1 atom stereocenters. The Kier molecular flexibility index (Phi) is 3.95. The SMILES string of the molecule is COc1ccc2oc(C(=O)N3CCC[C@H]3Cn3cccn3)c(C)c2c1. The Hall–Kier alpha value is -2.76. The van der Waals surface area contributed by atoms with Gasteiger partial charge in [0.1, 0.15) is 11.3 Å². The molecule has 2 aromatic heterocycles. The number of fused-ring (bicyclic) bond motifs is 1. The number of likely N-dealkylation sites (tertiary alicyclic amines) is 1. The molecule has 0 N–H and O–H groups in total. The molecule has 0 radical (unpaired) electrons. The van der Waals surface area contributed by atoms with E-state index in [0.717, 1.165) is 36.1 Å². The second kappa shape index (κ2) is 6.27. The monoisotopic (exact) mass is 339 g/mol. The average molecular weight is 339 g/mol. The molecule has 1 aliphatic heterocycles. The number of hydrogen-bond donors (Lipinski definition) is 0. The Morgan fingerprint density at radius 3 is 3.08 bits per heavy atom. The zero-order valence-corrected chi connectivity index (χ0v) is 14.4. The van der Waals surface area contributed by atoms with Crippen LogP contribution in [0.2, 0.25) is 0 Å². The van der Waals surface area contributed by atoms with Crippen LogP contribution in [-0.2, 0) is 6.54 Å². The molecule has 1 aliphatic rings. The maximum absolute atomic E-state index is 13.1. The summed E-state index contributed by atoms with van der Waals surface area (Å²) in [6.07, 6.45) is 5.68. The molecule has 6 nitrogen and oxygen atoms in total. The van der Waals surface area contributed by atoms with Crippen molar-refractivity contribution < 1.29 is 13.9 Å². The standard InChI is InChI=1S/C19H21N3O3/c1-13-16-11-15(24-2)6-7-17(16)25-18(13)19(23)22-10-3-5-14(22)12-21-9-4-8-20-21/h4,6-9,11,14H,3,5,10,12H2,1-2H3/t14-/m0/s1. The van der Waals surface area contributed by atoms with E-state index in [0.29, 0.717) is 17.9 Å². The van der Waals surface area contributed by atoms with Crippen LogP contribution in [0.1, 0.15) is 29.0 Å². The van der Waals surface area contributed by atoms with Crippen LogP contribution in [-0.4, -0.2) is 40.3 Å². The van der Waals surface area contributed by atoms with E-state index < -0.39 is 0 Å². The van der Waals surface area contributed by atoms with Gasteiger partial charge in [0.25, 0.3) is 5.91 Å². The number of methoxy groups -OCH3 is 1. The van der Waals surface area contributed by atoms with Gasteiger partial charge in [-0.25, -0.2) is 0 Å². The number of benzene rings is 1. The number of nitrogens with zero attached hydrogens (tertiary/aromatic N) is 3. The highest BCUT2D eigenvalue weighted by molar-refractivity contribution is 5.99. The summed E-state index contributed by atoms with van der Waals surface area (Å²) >= 11 is 0.